The van der Waals surface area contributed by atoms with E-state index in [9.17, 15) is 4.79 Å². The number of aromatic nitrogens is 2. The molecule has 0 saturated heterocycles. The molecule has 6 nitrogen and oxygen atoms in total. The predicted molar refractivity (Wildman–Crippen MR) is 102 cm³/mol. The summed E-state index contributed by atoms with van der Waals surface area (Å²) in [5.74, 6) is 1.10. The lowest BCUT2D eigenvalue weighted by Crippen LogP contribution is -2.27. The van der Waals surface area contributed by atoms with Crippen molar-refractivity contribution in [1.82, 2.24) is 15.3 Å². The van der Waals surface area contributed by atoms with Crippen molar-refractivity contribution in [1.29, 1.82) is 0 Å². The Kier molecular flexibility index (Phi) is 6.55. The fourth-order valence-corrected chi connectivity index (χ4v) is 3.14. The summed E-state index contributed by atoms with van der Waals surface area (Å²) < 4.78 is 5.01. The van der Waals surface area contributed by atoms with Crippen molar-refractivity contribution in [2.75, 3.05) is 25.6 Å². The van der Waals surface area contributed by atoms with Crippen LogP contribution in [0.4, 0.5) is 5.82 Å². The van der Waals surface area contributed by atoms with E-state index in [0.29, 0.717) is 36.5 Å². The van der Waals surface area contributed by atoms with Gasteiger partial charge in [0.05, 0.1) is 0 Å². The van der Waals surface area contributed by atoms with E-state index in [2.05, 4.69) is 20.6 Å². The normalized spacial score (nSPS) is 14.3. The number of carbonyl (C=O) groups excluding carboxylic acids is 1. The Hall–Kier alpha value is -2.47. The first-order valence-corrected chi connectivity index (χ1v) is 9.24. The highest BCUT2D eigenvalue weighted by Crippen LogP contribution is 2.23. The van der Waals surface area contributed by atoms with Gasteiger partial charge in [-0.25, -0.2) is 9.97 Å². The van der Waals surface area contributed by atoms with Crippen molar-refractivity contribution in [3.8, 4) is 11.4 Å². The number of amides is 1. The Labute approximate surface area is 154 Å². The lowest BCUT2D eigenvalue weighted by Gasteiger charge is -2.15. The number of anilines is 1. The van der Waals surface area contributed by atoms with Gasteiger partial charge in [0.15, 0.2) is 5.82 Å². The van der Waals surface area contributed by atoms with Gasteiger partial charge in [-0.3, -0.25) is 4.79 Å². The monoisotopic (exact) mass is 354 g/mol. The summed E-state index contributed by atoms with van der Waals surface area (Å²) in [6, 6.07) is 11.9. The first-order valence-electron chi connectivity index (χ1n) is 9.24. The summed E-state index contributed by atoms with van der Waals surface area (Å²) in [7, 11) is 1.65. The average molecular weight is 354 g/mol. The van der Waals surface area contributed by atoms with Crippen LogP contribution in [0.2, 0.25) is 0 Å². The summed E-state index contributed by atoms with van der Waals surface area (Å²) in [5, 5.41) is 6.37. The number of benzene rings is 1. The van der Waals surface area contributed by atoms with E-state index < -0.39 is 0 Å². The third-order valence-electron chi connectivity index (χ3n) is 4.51. The molecule has 1 aliphatic rings. The number of nitrogens with zero attached hydrogens (tertiary/aromatic N) is 2. The summed E-state index contributed by atoms with van der Waals surface area (Å²) in [6.07, 6.45) is 5.53. The Morgan fingerprint density at radius 3 is 2.69 bits per heavy atom. The van der Waals surface area contributed by atoms with E-state index in [1.807, 2.05) is 30.3 Å². The Morgan fingerprint density at radius 1 is 1.19 bits per heavy atom. The van der Waals surface area contributed by atoms with Crippen LogP contribution in [-0.4, -0.2) is 42.2 Å². The zero-order chi connectivity index (χ0) is 18.2. The van der Waals surface area contributed by atoms with Crippen LogP contribution in [0.25, 0.3) is 11.4 Å². The topological polar surface area (TPSA) is 76.1 Å². The lowest BCUT2D eigenvalue weighted by atomic mass is 10.2. The molecule has 0 unspecified atom stereocenters. The molecule has 0 spiro atoms. The van der Waals surface area contributed by atoms with Crippen LogP contribution in [0.3, 0.4) is 0 Å². The molecule has 1 amide bonds. The van der Waals surface area contributed by atoms with Crippen molar-refractivity contribution in [3.63, 3.8) is 0 Å². The zero-order valence-corrected chi connectivity index (χ0v) is 15.2. The zero-order valence-electron chi connectivity index (χ0n) is 15.2. The highest BCUT2D eigenvalue weighted by Gasteiger charge is 2.18. The Morgan fingerprint density at radius 2 is 1.96 bits per heavy atom. The maximum absolute atomic E-state index is 12.5. The Balaban J connectivity index is 1.81. The second-order valence-corrected chi connectivity index (χ2v) is 6.56. The van der Waals surface area contributed by atoms with Gasteiger partial charge < -0.3 is 15.4 Å². The molecule has 2 N–H and O–H groups in total. The molecule has 26 heavy (non-hydrogen) atoms. The Bertz CT molecular complexity index is 715. The minimum absolute atomic E-state index is 0.185. The van der Waals surface area contributed by atoms with Crippen molar-refractivity contribution in [2.24, 2.45) is 0 Å². The maximum atomic E-state index is 12.5. The third kappa shape index (κ3) is 5.02. The highest BCUT2D eigenvalue weighted by atomic mass is 16.5. The molecule has 1 aromatic heterocycles. The average Bonchev–Trinajstić information content (AvgIpc) is 3.18. The van der Waals surface area contributed by atoms with Crippen LogP contribution in [0.1, 0.15) is 42.6 Å². The predicted octanol–water partition coefficient (Wildman–Crippen LogP) is 3.26. The largest absolute Gasteiger partial charge is 0.385 e. The van der Waals surface area contributed by atoms with Gasteiger partial charge in [0, 0.05) is 37.9 Å². The van der Waals surface area contributed by atoms with Gasteiger partial charge >= 0.3 is 0 Å². The number of nitrogens with one attached hydrogen (secondary N) is 2. The third-order valence-corrected chi connectivity index (χ3v) is 4.51. The first-order chi connectivity index (χ1) is 12.8. The fraction of sp³-hybridized carbons (Fsp3) is 0.450. The van der Waals surface area contributed by atoms with Crippen LogP contribution >= 0.6 is 0 Å². The van der Waals surface area contributed by atoms with Gasteiger partial charge in [-0.15, -0.1) is 0 Å². The fourth-order valence-electron chi connectivity index (χ4n) is 3.14. The summed E-state index contributed by atoms with van der Waals surface area (Å²) in [4.78, 5) is 21.6. The van der Waals surface area contributed by atoms with Gasteiger partial charge in [-0.1, -0.05) is 43.2 Å². The maximum Gasteiger partial charge on any atom is 0.270 e. The summed E-state index contributed by atoms with van der Waals surface area (Å²) in [5.41, 5.74) is 1.28. The van der Waals surface area contributed by atoms with Crippen LogP contribution in [-0.2, 0) is 4.74 Å². The van der Waals surface area contributed by atoms with Crippen molar-refractivity contribution in [3.05, 3.63) is 42.1 Å². The van der Waals surface area contributed by atoms with Crippen LogP contribution in [0.15, 0.2) is 36.4 Å². The minimum Gasteiger partial charge on any atom is -0.385 e. The molecule has 0 aliphatic heterocycles. The number of methoxy groups -OCH3 is 1. The van der Waals surface area contributed by atoms with Gasteiger partial charge in [-0.05, 0) is 19.3 Å². The molecule has 2 aromatic rings. The van der Waals surface area contributed by atoms with Crippen LogP contribution < -0.4 is 10.6 Å². The highest BCUT2D eigenvalue weighted by molar-refractivity contribution is 5.93. The van der Waals surface area contributed by atoms with E-state index in [1.54, 1.807) is 13.2 Å². The molecule has 0 radical (unpaired) electrons. The molecule has 6 heteroatoms. The molecule has 1 aromatic carbocycles. The number of carbonyl (C=O) groups is 1. The van der Waals surface area contributed by atoms with Crippen LogP contribution in [0.5, 0.6) is 0 Å². The molecule has 1 aliphatic carbocycles. The molecule has 138 valence electrons. The molecule has 0 bridgehead atoms. The minimum atomic E-state index is -0.185. The molecular weight excluding hydrogens is 328 g/mol. The SMILES string of the molecule is COCCCNC(=O)c1cc(NC2CCCC2)nc(-c2ccccc2)n1. The number of hydrogen-bond acceptors (Lipinski definition) is 5. The van der Waals surface area contributed by atoms with E-state index in [-0.39, 0.29) is 5.91 Å². The molecule has 0 atom stereocenters. The second kappa shape index (κ2) is 9.29. The summed E-state index contributed by atoms with van der Waals surface area (Å²) >= 11 is 0. The van der Waals surface area contributed by atoms with Crippen molar-refractivity contribution >= 4 is 11.7 Å². The standard InChI is InChI=1S/C20H26N4O2/c1-26-13-7-12-21-20(25)17-14-18(22-16-10-5-6-11-16)24-19(23-17)15-8-3-2-4-9-15/h2-4,8-9,14,16H,5-7,10-13H2,1H3,(H,21,25)(H,22,23,24). The molecule has 3 rings (SSSR count). The van der Waals surface area contributed by atoms with E-state index in [4.69, 9.17) is 4.74 Å². The first kappa shape index (κ1) is 18.3. The van der Waals surface area contributed by atoms with Gasteiger partial charge in [0.2, 0.25) is 0 Å². The quantitative estimate of drug-likeness (QED) is 0.712. The van der Waals surface area contributed by atoms with Crippen molar-refractivity contribution in [2.45, 2.75) is 38.1 Å². The van der Waals surface area contributed by atoms with E-state index in [0.717, 1.165) is 24.8 Å². The van der Waals surface area contributed by atoms with Gasteiger partial charge in [0.25, 0.3) is 5.91 Å². The van der Waals surface area contributed by atoms with E-state index >= 15 is 0 Å². The van der Waals surface area contributed by atoms with Crippen LogP contribution in [0, 0.1) is 0 Å². The second-order valence-electron chi connectivity index (χ2n) is 6.56. The lowest BCUT2D eigenvalue weighted by molar-refractivity contribution is 0.0943. The van der Waals surface area contributed by atoms with Gasteiger partial charge in [-0.2, -0.15) is 0 Å². The number of ether oxygens (including phenoxy) is 1. The molecule has 1 saturated carbocycles. The number of rotatable bonds is 8. The smallest absolute Gasteiger partial charge is 0.270 e. The van der Waals surface area contributed by atoms with Gasteiger partial charge in [0.1, 0.15) is 11.5 Å². The molecule has 1 fully saturated rings. The van der Waals surface area contributed by atoms with Crippen molar-refractivity contribution < 1.29 is 9.53 Å². The molecular formula is C20H26N4O2. The number of hydrogen-bond donors (Lipinski definition) is 2. The van der Waals surface area contributed by atoms with E-state index in [1.165, 1.54) is 12.8 Å². The summed E-state index contributed by atoms with van der Waals surface area (Å²) in [6.45, 7) is 1.18. The molecule has 1 heterocycles.